The van der Waals surface area contributed by atoms with E-state index in [0.717, 1.165) is 16.4 Å². The molecule has 10 heteroatoms. The molecule has 2 heterocycles. The molecule has 4 rings (SSSR count). The summed E-state index contributed by atoms with van der Waals surface area (Å²) in [4.78, 5) is 16.1. The van der Waals surface area contributed by atoms with Crippen molar-refractivity contribution in [3.63, 3.8) is 0 Å². The number of aryl methyl sites for hydroxylation is 1. The Kier molecular flexibility index (Phi) is 5.29. The molecule has 1 fully saturated rings. The molecule has 1 amide bonds. The predicted octanol–water partition coefficient (Wildman–Crippen LogP) is 3.45. The Morgan fingerprint density at radius 1 is 1.17 bits per heavy atom. The summed E-state index contributed by atoms with van der Waals surface area (Å²) in [5.74, 6) is -1.94. The van der Waals surface area contributed by atoms with E-state index in [1.165, 1.54) is 0 Å². The van der Waals surface area contributed by atoms with Gasteiger partial charge in [0, 0.05) is 31.6 Å². The SMILES string of the molecule is Cc1nc2cc(NC(=O)C3CCN(S(=O)(=O)c4cc(F)ccc4F)CC3)ccc2o1. The Hall–Kier alpha value is -2.85. The van der Waals surface area contributed by atoms with Gasteiger partial charge in [0.2, 0.25) is 15.9 Å². The molecule has 3 aromatic rings. The van der Waals surface area contributed by atoms with Crippen LogP contribution < -0.4 is 5.32 Å². The molecule has 7 nitrogen and oxygen atoms in total. The predicted molar refractivity (Wildman–Crippen MR) is 105 cm³/mol. The maximum absolute atomic E-state index is 13.9. The van der Waals surface area contributed by atoms with Gasteiger partial charge in [-0.2, -0.15) is 4.31 Å². The maximum Gasteiger partial charge on any atom is 0.246 e. The summed E-state index contributed by atoms with van der Waals surface area (Å²) in [6.07, 6.45) is 0.542. The number of anilines is 1. The fourth-order valence-corrected chi connectivity index (χ4v) is 5.08. The van der Waals surface area contributed by atoms with E-state index >= 15 is 0 Å². The molecule has 1 saturated heterocycles. The van der Waals surface area contributed by atoms with Crippen LogP contribution in [-0.4, -0.2) is 36.7 Å². The Balaban J connectivity index is 1.42. The highest BCUT2D eigenvalue weighted by Crippen LogP contribution is 2.27. The van der Waals surface area contributed by atoms with Crippen molar-refractivity contribution in [1.29, 1.82) is 0 Å². The number of carbonyl (C=O) groups is 1. The van der Waals surface area contributed by atoms with Crippen molar-refractivity contribution in [2.75, 3.05) is 18.4 Å². The summed E-state index contributed by atoms with van der Waals surface area (Å²) in [5, 5.41) is 2.82. The molecule has 1 aliphatic heterocycles. The highest BCUT2D eigenvalue weighted by molar-refractivity contribution is 7.89. The summed E-state index contributed by atoms with van der Waals surface area (Å²) in [6.45, 7) is 1.81. The maximum atomic E-state index is 13.9. The number of piperidine rings is 1. The normalized spacial score (nSPS) is 16.1. The van der Waals surface area contributed by atoms with Crippen LogP contribution in [0.3, 0.4) is 0 Å². The van der Waals surface area contributed by atoms with Gasteiger partial charge >= 0.3 is 0 Å². The zero-order valence-electron chi connectivity index (χ0n) is 16.1. The van der Waals surface area contributed by atoms with E-state index in [1.807, 2.05) is 0 Å². The number of benzene rings is 2. The van der Waals surface area contributed by atoms with Gasteiger partial charge < -0.3 is 9.73 Å². The summed E-state index contributed by atoms with van der Waals surface area (Å²) in [5.41, 5.74) is 1.81. The number of nitrogens with zero attached hydrogens (tertiary/aromatic N) is 2. The molecule has 1 aromatic heterocycles. The molecular formula is C20H19F2N3O4S. The first-order chi connectivity index (χ1) is 14.2. The number of sulfonamides is 1. The lowest BCUT2D eigenvalue weighted by atomic mass is 9.97. The number of rotatable bonds is 4. The fourth-order valence-electron chi connectivity index (χ4n) is 3.54. The summed E-state index contributed by atoms with van der Waals surface area (Å²) >= 11 is 0. The van der Waals surface area contributed by atoms with Gasteiger partial charge in [-0.15, -0.1) is 0 Å². The topological polar surface area (TPSA) is 92.5 Å². The molecule has 0 aliphatic carbocycles. The van der Waals surface area contributed by atoms with Gasteiger partial charge in [-0.25, -0.2) is 22.2 Å². The highest BCUT2D eigenvalue weighted by Gasteiger charge is 2.33. The molecule has 1 N–H and O–H groups in total. The third-order valence-corrected chi connectivity index (χ3v) is 7.01. The van der Waals surface area contributed by atoms with Crippen molar-refractivity contribution in [2.24, 2.45) is 5.92 Å². The van der Waals surface area contributed by atoms with Crippen molar-refractivity contribution in [3.05, 3.63) is 53.9 Å². The van der Waals surface area contributed by atoms with Crippen molar-refractivity contribution < 1.29 is 26.4 Å². The first-order valence-electron chi connectivity index (χ1n) is 9.37. The number of oxazole rings is 1. The molecule has 0 bridgehead atoms. The van der Waals surface area contributed by atoms with E-state index in [4.69, 9.17) is 4.42 Å². The number of carbonyl (C=O) groups excluding carboxylic acids is 1. The van der Waals surface area contributed by atoms with Gasteiger partial charge in [0.1, 0.15) is 22.0 Å². The number of halogens is 2. The van der Waals surface area contributed by atoms with E-state index < -0.39 is 32.5 Å². The lowest BCUT2D eigenvalue weighted by Gasteiger charge is -2.30. The molecule has 0 radical (unpaired) electrons. The van der Waals surface area contributed by atoms with Gasteiger partial charge in [0.25, 0.3) is 0 Å². The number of fused-ring (bicyclic) bond motifs is 1. The largest absolute Gasteiger partial charge is 0.441 e. The Labute approximate surface area is 171 Å². The number of aromatic nitrogens is 1. The second kappa shape index (κ2) is 7.77. The van der Waals surface area contributed by atoms with Gasteiger partial charge in [0.15, 0.2) is 11.5 Å². The van der Waals surface area contributed by atoms with Crippen LogP contribution in [0.2, 0.25) is 0 Å². The van der Waals surface area contributed by atoms with Crippen LogP contribution in [-0.2, 0) is 14.8 Å². The van der Waals surface area contributed by atoms with Crippen molar-refractivity contribution in [1.82, 2.24) is 9.29 Å². The van der Waals surface area contributed by atoms with Crippen LogP contribution in [0.1, 0.15) is 18.7 Å². The summed E-state index contributed by atoms with van der Waals surface area (Å²) < 4.78 is 59.1. The first kappa shape index (κ1) is 20.4. The number of amides is 1. The van der Waals surface area contributed by atoms with Gasteiger partial charge in [-0.05, 0) is 49.2 Å². The third kappa shape index (κ3) is 3.92. The van der Waals surface area contributed by atoms with Crippen LogP contribution >= 0.6 is 0 Å². The van der Waals surface area contributed by atoms with Crippen LogP contribution in [0.25, 0.3) is 11.1 Å². The average molecular weight is 435 g/mol. The molecular weight excluding hydrogens is 416 g/mol. The van der Waals surface area contributed by atoms with E-state index in [9.17, 15) is 22.0 Å². The summed E-state index contributed by atoms with van der Waals surface area (Å²) in [7, 11) is -4.18. The second-order valence-corrected chi connectivity index (χ2v) is 9.06. The fraction of sp³-hybridized carbons (Fsp3) is 0.300. The Bertz CT molecular complexity index is 1220. The lowest BCUT2D eigenvalue weighted by molar-refractivity contribution is -0.120. The third-order valence-electron chi connectivity index (χ3n) is 5.10. The minimum absolute atomic E-state index is 0.0396. The standard InChI is InChI=1S/C20H19F2N3O4S/c1-12-23-17-11-15(3-5-18(17)29-12)24-20(26)13-6-8-25(9-7-13)30(27,28)19-10-14(21)2-4-16(19)22/h2-5,10-11,13H,6-9H2,1H3,(H,24,26). The molecule has 30 heavy (non-hydrogen) atoms. The minimum atomic E-state index is -4.18. The van der Waals surface area contributed by atoms with Gasteiger partial charge in [-0.1, -0.05) is 0 Å². The highest BCUT2D eigenvalue weighted by atomic mass is 32.2. The zero-order valence-corrected chi connectivity index (χ0v) is 16.9. The van der Waals surface area contributed by atoms with Crippen LogP contribution in [0.15, 0.2) is 45.7 Å². The number of hydrogen-bond acceptors (Lipinski definition) is 5. The first-order valence-corrected chi connectivity index (χ1v) is 10.8. The second-order valence-electron chi connectivity index (χ2n) is 7.16. The van der Waals surface area contributed by atoms with Crippen molar-refractivity contribution in [3.8, 4) is 0 Å². The van der Waals surface area contributed by atoms with Crippen LogP contribution in [0.5, 0.6) is 0 Å². The van der Waals surface area contributed by atoms with Gasteiger partial charge in [0.05, 0.1) is 0 Å². The zero-order chi connectivity index (χ0) is 21.5. The van der Waals surface area contributed by atoms with Crippen LogP contribution in [0, 0.1) is 24.5 Å². The number of hydrogen-bond donors (Lipinski definition) is 1. The Morgan fingerprint density at radius 3 is 2.63 bits per heavy atom. The summed E-state index contributed by atoms with van der Waals surface area (Å²) in [6, 6.07) is 7.45. The average Bonchev–Trinajstić information content (AvgIpc) is 3.09. The quantitative estimate of drug-likeness (QED) is 0.678. The van der Waals surface area contributed by atoms with E-state index in [0.29, 0.717) is 28.7 Å². The van der Waals surface area contributed by atoms with Crippen molar-refractivity contribution in [2.45, 2.75) is 24.7 Å². The lowest BCUT2D eigenvalue weighted by Crippen LogP contribution is -2.41. The van der Waals surface area contributed by atoms with E-state index in [-0.39, 0.29) is 31.8 Å². The van der Waals surface area contributed by atoms with Crippen LogP contribution in [0.4, 0.5) is 14.5 Å². The molecule has 1 aliphatic rings. The molecule has 0 spiro atoms. The number of nitrogens with one attached hydrogen (secondary N) is 1. The smallest absolute Gasteiger partial charge is 0.246 e. The molecule has 158 valence electrons. The molecule has 0 unspecified atom stereocenters. The molecule has 0 saturated carbocycles. The van der Waals surface area contributed by atoms with E-state index in [2.05, 4.69) is 10.3 Å². The molecule has 0 atom stereocenters. The monoisotopic (exact) mass is 435 g/mol. The van der Waals surface area contributed by atoms with E-state index in [1.54, 1.807) is 25.1 Å². The molecule has 2 aromatic carbocycles. The Morgan fingerprint density at radius 2 is 1.90 bits per heavy atom. The van der Waals surface area contributed by atoms with Gasteiger partial charge in [-0.3, -0.25) is 4.79 Å². The minimum Gasteiger partial charge on any atom is -0.441 e. The van der Waals surface area contributed by atoms with Crippen molar-refractivity contribution >= 4 is 32.7 Å².